The van der Waals surface area contributed by atoms with E-state index in [0.717, 1.165) is 12.8 Å². The average molecular weight is 175 g/mol. The van der Waals surface area contributed by atoms with Gasteiger partial charge in [-0.15, -0.1) is 11.8 Å². The van der Waals surface area contributed by atoms with E-state index in [9.17, 15) is 4.79 Å². The minimum atomic E-state index is -0.726. The van der Waals surface area contributed by atoms with Crippen LogP contribution in [0.15, 0.2) is 0 Å². The Morgan fingerprint density at radius 1 is 1.82 bits per heavy atom. The largest absolute Gasteiger partial charge is 0.480 e. The minimum absolute atomic E-state index is 0.323. The molecule has 0 radical (unpaired) electrons. The normalized spacial score (nSPS) is 30.6. The SMILES string of the molecule is CCC[C@H]1NC(C(=O)O)CS1. The maximum Gasteiger partial charge on any atom is 0.321 e. The number of nitrogens with one attached hydrogen (secondary N) is 1. The molecular formula is C7H13NO2S. The van der Waals surface area contributed by atoms with Gasteiger partial charge in [0.2, 0.25) is 0 Å². The molecule has 1 rings (SSSR count). The van der Waals surface area contributed by atoms with Crippen LogP contribution in [0.1, 0.15) is 19.8 Å². The Balaban J connectivity index is 2.29. The quantitative estimate of drug-likeness (QED) is 0.669. The Kier molecular flexibility index (Phi) is 3.20. The highest BCUT2D eigenvalue weighted by molar-refractivity contribution is 8.00. The van der Waals surface area contributed by atoms with Gasteiger partial charge >= 0.3 is 5.97 Å². The van der Waals surface area contributed by atoms with Crippen LogP contribution in [0.3, 0.4) is 0 Å². The molecule has 1 fully saturated rings. The fourth-order valence-electron chi connectivity index (χ4n) is 1.10. The number of carboxylic acid groups (broad SMARTS) is 1. The number of thioether (sulfide) groups is 1. The molecule has 0 saturated carbocycles. The summed E-state index contributed by atoms with van der Waals surface area (Å²) in [5, 5.41) is 12.0. The van der Waals surface area contributed by atoms with Crippen LogP contribution in [0.5, 0.6) is 0 Å². The van der Waals surface area contributed by atoms with E-state index in [1.165, 1.54) is 0 Å². The molecule has 0 spiro atoms. The van der Waals surface area contributed by atoms with Crippen molar-refractivity contribution in [2.24, 2.45) is 0 Å². The highest BCUT2D eigenvalue weighted by Crippen LogP contribution is 2.22. The third-order valence-corrected chi connectivity index (χ3v) is 3.00. The van der Waals surface area contributed by atoms with Crippen LogP contribution in [0, 0.1) is 0 Å². The van der Waals surface area contributed by atoms with E-state index in [4.69, 9.17) is 5.11 Å². The molecule has 64 valence electrons. The highest BCUT2D eigenvalue weighted by Gasteiger charge is 2.28. The molecule has 4 heteroatoms. The topological polar surface area (TPSA) is 49.3 Å². The van der Waals surface area contributed by atoms with Gasteiger partial charge in [0.25, 0.3) is 0 Å². The van der Waals surface area contributed by atoms with Gasteiger partial charge in [0.15, 0.2) is 0 Å². The molecule has 2 N–H and O–H groups in total. The van der Waals surface area contributed by atoms with Gasteiger partial charge in [-0.25, -0.2) is 0 Å². The first-order chi connectivity index (χ1) is 5.24. The third kappa shape index (κ3) is 2.38. The zero-order chi connectivity index (χ0) is 8.27. The van der Waals surface area contributed by atoms with Crippen molar-refractivity contribution in [2.45, 2.75) is 31.2 Å². The standard InChI is InChI=1S/C7H13NO2S/c1-2-3-6-8-5(4-11-6)7(9)10/h5-6,8H,2-4H2,1H3,(H,9,10)/t5?,6-/m0/s1. The Hall–Kier alpha value is -0.220. The summed E-state index contributed by atoms with van der Waals surface area (Å²) < 4.78 is 0. The molecule has 0 aromatic rings. The number of carboxylic acids is 1. The van der Waals surface area contributed by atoms with E-state index in [1.807, 2.05) is 0 Å². The van der Waals surface area contributed by atoms with Gasteiger partial charge in [-0.3, -0.25) is 10.1 Å². The van der Waals surface area contributed by atoms with Crippen LogP contribution < -0.4 is 5.32 Å². The monoisotopic (exact) mass is 175 g/mol. The molecule has 0 aromatic heterocycles. The molecule has 1 unspecified atom stereocenters. The molecule has 1 aliphatic rings. The van der Waals surface area contributed by atoms with Crippen molar-refractivity contribution < 1.29 is 9.90 Å². The second-order valence-corrected chi connectivity index (χ2v) is 3.90. The van der Waals surface area contributed by atoms with E-state index >= 15 is 0 Å². The van der Waals surface area contributed by atoms with E-state index in [1.54, 1.807) is 11.8 Å². The number of hydrogen-bond donors (Lipinski definition) is 2. The maximum atomic E-state index is 10.5. The van der Waals surface area contributed by atoms with Gasteiger partial charge in [-0.2, -0.15) is 0 Å². The van der Waals surface area contributed by atoms with Crippen LogP contribution in [0.4, 0.5) is 0 Å². The fourth-order valence-corrected chi connectivity index (χ4v) is 2.43. The van der Waals surface area contributed by atoms with E-state index < -0.39 is 5.97 Å². The molecular weight excluding hydrogens is 162 g/mol. The van der Waals surface area contributed by atoms with E-state index in [2.05, 4.69) is 12.2 Å². The molecule has 0 bridgehead atoms. The third-order valence-electron chi connectivity index (χ3n) is 1.70. The molecule has 3 nitrogen and oxygen atoms in total. The molecule has 1 heterocycles. The minimum Gasteiger partial charge on any atom is -0.480 e. The molecule has 1 saturated heterocycles. The van der Waals surface area contributed by atoms with Crippen molar-refractivity contribution in [1.82, 2.24) is 5.32 Å². The number of hydrogen-bond acceptors (Lipinski definition) is 3. The summed E-state index contributed by atoms with van der Waals surface area (Å²) in [6, 6.07) is -0.323. The Morgan fingerprint density at radius 2 is 2.55 bits per heavy atom. The van der Waals surface area contributed by atoms with Crippen LogP contribution in [0.25, 0.3) is 0 Å². The Labute approximate surface area is 70.6 Å². The Bertz CT molecular complexity index is 151. The van der Waals surface area contributed by atoms with Gasteiger partial charge < -0.3 is 5.11 Å². The van der Waals surface area contributed by atoms with Crippen molar-refractivity contribution in [3.63, 3.8) is 0 Å². The van der Waals surface area contributed by atoms with Crippen LogP contribution in [0.2, 0.25) is 0 Å². The first kappa shape index (κ1) is 8.87. The summed E-state index contributed by atoms with van der Waals surface area (Å²) in [6.07, 6.45) is 2.17. The zero-order valence-corrected chi connectivity index (χ0v) is 7.36. The van der Waals surface area contributed by atoms with Gasteiger partial charge in [0.1, 0.15) is 6.04 Å². The van der Waals surface area contributed by atoms with Crippen LogP contribution >= 0.6 is 11.8 Å². The summed E-state index contributed by atoms with van der Waals surface area (Å²) >= 11 is 1.71. The predicted octanol–water partition coefficient (Wildman–Crippen LogP) is 0.902. The number of aliphatic carboxylic acids is 1. The van der Waals surface area contributed by atoms with Gasteiger partial charge in [0, 0.05) is 5.75 Å². The fraction of sp³-hybridized carbons (Fsp3) is 0.857. The van der Waals surface area contributed by atoms with Crippen molar-refractivity contribution >= 4 is 17.7 Å². The lowest BCUT2D eigenvalue weighted by atomic mass is 10.3. The summed E-state index contributed by atoms with van der Waals surface area (Å²) in [5.74, 6) is -0.0175. The second-order valence-electron chi connectivity index (χ2n) is 2.67. The van der Waals surface area contributed by atoms with Crippen molar-refractivity contribution in [1.29, 1.82) is 0 Å². The van der Waals surface area contributed by atoms with Gasteiger partial charge in [-0.05, 0) is 6.42 Å². The lowest BCUT2D eigenvalue weighted by molar-refractivity contribution is -0.138. The molecule has 2 atom stereocenters. The van der Waals surface area contributed by atoms with Crippen LogP contribution in [-0.4, -0.2) is 28.2 Å². The van der Waals surface area contributed by atoms with Crippen molar-refractivity contribution in [2.75, 3.05) is 5.75 Å². The Morgan fingerprint density at radius 3 is 3.00 bits per heavy atom. The summed E-state index contributed by atoms with van der Waals surface area (Å²) in [7, 11) is 0. The first-order valence-corrected chi connectivity index (χ1v) is 4.89. The van der Waals surface area contributed by atoms with E-state index in [0.29, 0.717) is 11.1 Å². The molecule has 1 aliphatic heterocycles. The molecule has 0 aromatic carbocycles. The summed E-state index contributed by atoms with van der Waals surface area (Å²) in [4.78, 5) is 10.5. The second kappa shape index (κ2) is 3.97. The summed E-state index contributed by atoms with van der Waals surface area (Å²) in [5.41, 5.74) is 0. The number of rotatable bonds is 3. The van der Waals surface area contributed by atoms with Crippen LogP contribution in [-0.2, 0) is 4.79 Å². The molecule has 0 amide bonds. The van der Waals surface area contributed by atoms with Gasteiger partial charge in [-0.1, -0.05) is 13.3 Å². The zero-order valence-electron chi connectivity index (χ0n) is 6.54. The lowest BCUT2D eigenvalue weighted by Crippen LogP contribution is -2.36. The van der Waals surface area contributed by atoms with E-state index in [-0.39, 0.29) is 6.04 Å². The maximum absolute atomic E-state index is 10.5. The predicted molar refractivity (Wildman–Crippen MR) is 45.7 cm³/mol. The smallest absolute Gasteiger partial charge is 0.321 e. The lowest BCUT2D eigenvalue weighted by Gasteiger charge is -2.07. The van der Waals surface area contributed by atoms with Gasteiger partial charge in [0.05, 0.1) is 5.37 Å². The average Bonchev–Trinajstić information content (AvgIpc) is 2.37. The number of carbonyl (C=O) groups is 1. The highest BCUT2D eigenvalue weighted by atomic mass is 32.2. The molecule has 0 aliphatic carbocycles. The molecule has 11 heavy (non-hydrogen) atoms. The summed E-state index contributed by atoms with van der Waals surface area (Å²) in [6.45, 7) is 2.11. The van der Waals surface area contributed by atoms with Crippen molar-refractivity contribution in [3.8, 4) is 0 Å². The first-order valence-electron chi connectivity index (χ1n) is 3.84. The van der Waals surface area contributed by atoms with Crippen molar-refractivity contribution in [3.05, 3.63) is 0 Å².